The van der Waals surface area contributed by atoms with Crippen LogP contribution in [0.15, 0.2) is 0 Å². The van der Waals surface area contributed by atoms with Crippen molar-refractivity contribution in [1.82, 2.24) is 15.1 Å². The fraction of sp³-hybridized carbons (Fsp3) is 0.769. The van der Waals surface area contributed by atoms with Gasteiger partial charge in [0.1, 0.15) is 0 Å². The van der Waals surface area contributed by atoms with E-state index in [-0.39, 0.29) is 0 Å². The SMILES string of the molecule is CCNC(CCSC)Cc1c(Cl)c(C)nn1CC. The van der Waals surface area contributed by atoms with Crippen LogP contribution in [0.1, 0.15) is 31.7 Å². The Morgan fingerprint density at radius 3 is 2.72 bits per heavy atom. The average molecular weight is 290 g/mol. The van der Waals surface area contributed by atoms with E-state index < -0.39 is 0 Å². The lowest BCUT2D eigenvalue weighted by molar-refractivity contribution is 0.489. The number of likely N-dealkylation sites (N-methyl/N-ethyl adjacent to an activating group) is 1. The van der Waals surface area contributed by atoms with Gasteiger partial charge in [0.05, 0.1) is 16.4 Å². The average Bonchev–Trinajstić information content (AvgIpc) is 2.63. The second kappa shape index (κ2) is 8.08. The van der Waals surface area contributed by atoms with Crippen molar-refractivity contribution < 1.29 is 0 Å². The molecule has 104 valence electrons. The Hall–Kier alpha value is -0.190. The molecule has 1 N–H and O–H groups in total. The van der Waals surface area contributed by atoms with Crippen LogP contribution >= 0.6 is 23.4 Å². The number of thioether (sulfide) groups is 1. The zero-order chi connectivity index (χ0) is 13.5. The number of hydrogen-bond acceptors (Lipinski definition) is 3. The standard InChI is InChI=1S/C13H24ClN3S/c1-5-15-11(7-8-18-4)9-12-13(14)10(3)16-17(12)6-2/h11,15H,5-9H2,1-4H3. The highest BCUT2D eigenvalue weighted by molar-refractivity contribution is 7.98. The summed E-state index contributed by atoms with van der Waals surface area (Å²) in [4.78, 5) is 0. The molecule has 1 aromatic rings. The molecular formula is C13H24ClN3S. The third-order valence-electron chi connectivity index (χ3n) is 3.06. The number of nitrogens with one attached hydrogen (secondary N) is 1. The molecule has 5 heteroatoms. The third kappa shape index (κ3) is 4.18. The van der Waals surface area contributed by atoms with Gasteiger partial charge in [0, 0.05) is 19.0 Å². The maximum atomic E-state index is 6.35. The van der Waals surface area contributed by atoms with Crippen LogP contribution in [0, 0.1) is 6.92 Å². The molecule has 0 aromatic carbocycles. The molecule has 0 aliphatic carbocycles. The molecule has 0 fully saturated rings. The Bertz CT molecular complexity index is 365. The highest BCUT2D eigenvalue weighted by Gasteiger charge is 2.17. The molecule has 0 bridgehead atoms. The van der Waals surface area contributed by atoms with Gasteiger partial charge in [-0.05, 0) is 38.8 Å². The molecule has 0 aliphatic rings. The first-order chi connectivity index (χ1) is 8.63. The second-order valence-electron chi connectivity index (χ2n) is 4.40. The topological polar surface area (TPSA) is 29.9 Å². The largest absolute Gasteiger partial charge is 0.314 e. The Balaban J connectivity index is 2.78. The maximum Gasteiger partial charge on any atom is 0.0847 e. The van der Waals surface area contributed by atoms with Gasteiger partial charge in [-0.3, -0.25) is 4.68 Å². The molecule has 1 heterocycles. The fourth-order valence-corrected chi connectivity index (χ4v) is 2.86. The lowest BCUT2D eigenvalue weighted by Gasteiger charge is -2.18. The number of aryl methyl sites for hydroxylation is 2. The van der Waals surface area contributed by atoms with Gasteiger partial charge in [-0.25, -0.2) is 0 Å². The molecular weight excluding hydrogens is 266 g/mol. The van der Waals surface area contributed by atoms with Crippen molar-refractivity contribution in [2.45, 2.75) is 46.2 Å². The summed E-state index contributed by atoms with van der Waals surface area (Å²) in [7, 11) is 0. The van der Waals surface area contributed by atoms with E-state index in [2.05, 4.69) is 30.5 Å². The molecule has 18 heavy (non-hydrogen) atoms. The summed E-state index contributed by atoms with van der Waals surface area (Å²) in [5.41, 5.74) is 2.11. The molecule has 0 amide bonds. The van der Waals surface area contributed by atoms with Gasteiger partial charge in [0.25, 0.3) is 0 Å². The van der Waals surface area contributed by atoms with Crippen molar-refractivity contribution in [3.8, 4) is 0 Å². The van der Waals surface area contributed by atoms with Gasteiger partial charge in [0.2, 0.25) is 0 Å². The summed E-state index contributed by atoms with van der Waals surface area (Å²) in [6.07, 6.45) is 4.28. The molecule has 1 atom stereocenters. The maximum absolute atomic E-state index is 6.35. The summed E-state index contributed by atoms with van der Waals surface area (Å²) in [5, 5.41) is 8.85. The van der Waals surface area contributed by atoms with Crippen LogP contribution in [-0.2, 0) is 13.0 Å². The number of halogens is 1. The first-order valence-corrected chi connectivity index (χ1v) is 8.35. The summed E-state index contributed by atoms with van der Waals surface area (Å²) in [6.45, 7) is 8.11. The molecule has 0 saturated heterocycles. The van der Waals surface area contributed by atoms with E-state index in [0.717, 1.165) is 30.2 Å². The van der Waals surface area contributed by atoms with Gasteiger partial charge in [-0.1, -0.05) is 18.5 Å². The van der Waals surface area contributed by atoms with Gasteiger partial charge in [0.15, 0.2) is 0 Å². The second-order valence-corrected chi connectivity index (χ2v) is 5.77. The fourth-order valence-electron chi connectivity index (χ4n) is 2.12. The van der Waals surface area contributed by atoms with E-state index in [1.54, 1.807) is 0 Å². The van der Waals surface area contributed by atoms with Crippen LogP contribution in [0.4, 0.5) is 0 Å². The zero-order valence-electron chi connectivity index (χ0n) is 11.8. The molecule has 1 aromatic heterocycles. The summed E-state index contributed by atoms with van der Waals surface area (Å²) >= 11 is 8.24. The highest BCUT2D eigenvalue weighted by Crippen LogP contribution is 2.22. The van der Waals surface area contributed by atoms with E-state index in [1.165, 1.54) is 17.9 Å². The van der Waals surface area contributed by atoms with Crippen LogP contribution in [0.5, 0.6) is 0 Å². The number of hydrogen-bond donors (Lipinski definition) is 1. The van der Waals surface area contributed by atoms with Crippen LogP contribution in [0.3, 0.4) is 0 Å². The summed E-state index contributed by atoms with van der Waals surface area (Å²) in [5.74, 6) is 1.18. The quantitative estimate of drug-likeness (QED) is 0.797. The van der Waals surface area contributed by atoms with Crippen LogP contribution in [-0.4, -0.2) is 34.4 Å². The van der Waals surface area contributed by atoms with Crippen molar-refractivity contribution in [2.24, 2.45) is 0 Å². The van der Waals surface area contributed by atoms with E-state index in [4.69, 9.17) is 11.6 Å². The van der Waals surface area contributed by atoms with Crippen LogP contribution in [0.25, 0.3) is 0 Å². The van der Waals surface area contributed by atoms with E-state index in [9.17, 15) is 0 Å². The number of rotatable bonds is 8. The summed E-state index contributed by atoms with van der Waals surface area (Å²) < 4.78 is 2.03. The Labute approximate surface area is 120 Å². The monoisotopic (exact) mass is 289 g/mol. The Morgan fingerprint density at radius 2 is 2.17 bits per heavy atom. The predicted octanol–water partition coefficient (Wildman–Crippen LogP) is 3.14. The first kappa shape index (κ1) is 15.9. The predicted molar refractivity (Wildman–Crippen MR) is 81.8 cm³/mol. The van der Waals surface area contributed by atoms with E-state index in [1.807, 2.05) is 23.4 Å². The Morgan fingerprint density at radius 1 is 1.44 bits per heavy atom. The van der Waals surface area contributed by atoms with Gasteiger partial charge >= 0.3 is 0 Å². The first-order valence-electron chi connectivity index (χ1n) is 6.58. The number of aromatic nitrogens is 2. The normalized spacial score (nSPS) is 12.9. The molecule has 3 nitrogen and oxygen atoms in total. The van der Waals surface area contributed by atoms with E-state index in [0.29, 0.717) is 6.04 Å². The molecule has 1 unspecified atom stereocenters. The zero-order valence-corrected chi connectivity index (χ0v) is 13.4. The molecule has 0 saturated carbocycles. The van der Waals surface area contributed by atoms with Crippen molar-refractivity contribution in [2.75, 3.05) is 18.6 Å². The minimum absolute atomic E-state index is 0.487. The minimum atomic E-state index is 0.487. The molecule has 0 spiro atoms. The molecule has 1 rings (SSSR count). The van der Waals surface area contributed by atoms with Crippen molar-refractivity contribution in [3.63, 3.8) is 0 Å². The van der Waals surface area contributed by atoms with Crippen LogP contribution < -0.4 is 5.32 Å². The van der Waals surface area contributed by atoms with Gasteiger partial charge in [-0.2, -0.15) is 16.9 Å². The molecule has 0 aliphatic heterocycles. The van der Waals surface area contributed by atoms with Gasteiger partial charge in [-0.15, -0.1) is 0 Å². The van der Waals surface area contributed by atoms with Crippen molar-refractivity contribution >= 4 is 23.4 Å². The lowest BCUT2D eigenvalue weighted by Crippen LogP contribution is -2.32. The smallest absolute Gasteiger partial charge is 0.0847 e. The molecule has 0 radical (unpaired) electrons. The van der Waals surface area contributed by atoms with Gasteiger partial charge < -0.3 is 5.32 Å². The van der Waals surface area contributed by atoms with E-state index >= 15 is 0 Å². The number of nitrogens with zero attached hydrogens (tertiary/aromatic N) is 2. The lowest BCUT2D eigenvalue weighted by atomic mass is 10.1. The Kier molecular flexibility index (Phi) is 7.12. The van der Waals surface area contributed by atoms with Crippen molar-refractivity contribution in [1.29, 1.82) is 0 Å². The van der Waals surface area contributed by atoms with Crippen molar-refractivity contribution in [3.05, 3.63) is 16.4 Å². The highest BCUT2D eigenvalue weighted by atomic mass is 35.5. The summed E-state index contributed by atoms with van der Waals surface area (Å²) in [6, 6.07) is 0.487. The van der Waals surface area contributed by atoms with Crippen LogP contribution in [0.2, 0.25) is 5.02 Å². The third-order valence-corrected chi connectivity index (χ3v) is 4.19. The minimum Gasteiger partial charge on any atom is -0.314 e.